The molecule has 2 aliphatic heterocycles. The first-order chi connectivity index (χ1) is 10.3. The minimum absolute atomic E-state index is 0.219. The number of carbonyl (C=O) groups excluding carboxylic acids is 1. The number of amides is 1. The third-order valence-corrected chi connectivity index (χ3v) is 5.26. The molecule has 5 nitrogen and oxygen atoms in total. The topological polar surface area (TPSA) is 55.8 Å². The van der Waals surface area contributed by atoms with E-state index >= 15 is 0 Å². The predicted octanol–water partition coefficient (Wildman–Crippen LogP) is 0.291. The molecular formula is C16H29N3O2. The first kappa shape index (κ1) is 15.3. The molecule has 120 valence electrons. The molecule has 1 atom stereocenters. The Hall–Kier alpha value is -0.650. The molecule has 1 unspecified atom stereocenters. The first-order valence-electron chi connectivity index (χ1n) is 8.62. The largest absolute Gasteiger partial charge is 0.396 e. The average Bonchev–Trinajstić information content (AvgIpc) is 3.33. The maximum atomic E-state index is 12.7. The van der Waals surface area contributed by atoms with E-state index in [1.807, 2.05) is 0 Å². The van der Waals surface area contributed by atoms with Crippen LogP contribution in [0.15, 0.2) is 0 Å². The van der Waals surface area contributed by atoms with E-state index in [4.69, 9.17) is 0 Å². The van der Waals surface area contributed by atoms with Crippen LogP contribution in [0.25, 0.3) is 0 Å². The quantitative estimate of drug-likeness (QED) is 0.765. The van der Waals surface area contributed by atoms with E-state index in [1.54, 1.807) is 0 Å². The molecule has 0 aromatic rings. The van der Waals surface area contributed by atoms with Gasteiger partial charge in [0.25, 0.3) is 0 Å². The van der Waals surface area contributed by atoms with Crippen molar-refractivity contribution in [1.29, 1.82) is 0 Å². The molecule has 5 heteroatoms. The summed E-state index contributed by atoms with van der Waals surface area (Å²) in [5, 5.41) is 12.6. The maximum Gasteiger partial charge on any atom is 0.225 e. The molecule has 3 aliphatic rings. The molecule has 1 amide bonds. The Bertz CT molecular complexity index is 353. The lowest BCUT2D eigenvalue weighted by atomic mass is 9.95. The van der Waals surface area contributed by atoms with Gasteiger partial charge in [-0.25, -0.2) is 0 Å². The highest BCUT2D eigenvalue weighted by Gasteiger charge is 2.35. The van der Waals surface area contributed by atoms with E-state index in [0.717, 1.165) is 57.9 Å². The van der Waals surface area contributed by atoms with Gasteiger partial charge in [0, 0.05) is 44.7 Å². The predicted molar refractivity (Wildman–Crippen MR) is 82.0 cm³/mol. The number of hydrogen-bond acceptors (Lipinski definition) is 4. The van der Waals surface area contributed by atoms with Crippen molar-refractivity contribution < 1.29 is 9.90 Å². The summed E-state index contributed by atoms with van der Waals surface area (Å²) in [7, 11) is 0. The average molecular weight is 295 g/mol. The van der Waals surface area contributed by atoms with Crippen LogP contribution in [0.4, 0.5) is 0 Å². The number of rotatable bonds is 5. The number of piperidine rings is 1. The summed E-state index contributed by atoms with van der Waals surface area (Å²) < 4.78 is 0. The second-order valence-electron chi connectivity index (χ2n) is 6.91. The van der Waals surface area contributed by atoms with Crippen LogP contribution >= 0.6 is 0 Å². The van der Waals surface area contributed by atoms with Crippen molar-refractivity contribution in [3.63, 3.8) is 0 Å². The molecule has 1 saturated carbocycles. The van der Waals surface area contributed by atoms with Crippen molar-refractivity contribution in [1.82, 2.24) is 15.1 Å². The second kappa shape index (κ2) is 7.07. The second-order valence-corrected chi connectivity index (χ2v) is 6.91. The molecule has 2 saturated heterocycles. The zero-order valence-corrected chi connectivity index (χ0v) is 13.0. The van der Waals surface area contributed by atoms with Crippen LogP contribution in [-0.4, -0.2) is 72.7 Å². The third-order valence-electron chi connectivity index (χ3n) is 5.26. The van der Waals surface area contributed by atoms with Crippen LogP contribution in [0, 0.1) is 11.8 Å². The smallest absolute Gasteiger partial charge is 0.225 e. The minimum atomic E-state index is 0.219. The Labute approximate surface area is 127 Å². The highest BCUT2D eigenvalue weighted by molar-refractivity contribution is 5.79. The lowest BCUT2D eigenvalue weighted by molar-refractivity contribution is -0.139. The molecule has 0 aromatic carbocycles. The van der Waals surface area contributed by atoms with Gasteiger partial charge in [0.2, 0.25) is 5.91 Å². The molecule has 0 aromatic heterocycles. The monoisotopic (exact) mass is 295 g/mol. The van der Waals surface area contributed by atoms with Crippen LogP contribution in [0.3, 0.4) is 0 Å². The Kier molecular flexibility index (Phi) is 5.14. The van der Waals surface area contributed by atoms with E-state index in [9.17, 15) is 9.90 Å². The zero-order chi connectivity index (χ0) is 14.7. The molecule has 0 spiro atoms. The molecule has 1 aliphatic carbocycles. The summed E-state index contributed by atoms with van der Waals surface area (Å²) in [6, 6.07) is 0.356. The lowest BCUT2D eigenvalue weighted by Gasteiger charge is -2.43. The summed E-state index contributed by atoms with van der Waals surface area (Å²) in [4.78, 5) is 17.2. The molecule has 2 N–H and O–H groups in total. The van der Waals surface area contributed by atoms with Crippen LogP contribution < -0.4 is 5.32 Å². The number of carbonyl (C=O) groups is 1. The SMILES string of the molecule is O=C(C1CCNCC1)N1CCN(CC2CC2)C(CCO)C1. The highest BCUT2D eigenvalue weighted by atomic mass is 16.3. The molecule has 3 fully saturated rings. The van der Waals surface area contributed by atoms with E-state index in [0.29, 0.717) is 11.9 Å². The molecular weight excluding hydrogens is 266 g/mol. The van der Waals surface area contributed by atoms with Gasteiger partial charge in [-0.1, -0.05) is 0 Å². The van der Waals surface area contributed by atoms with Crippen molar-refractivity contribution in [2.75, 3.05) is 45.9 Å². The molecule has 21 heavy (non-hydrogen) atoms. The van der Waals surface area contributed by atoms with Crippen molar-refractivity contribution >= 4 is 5.91 Å². The van der Waals surface area contributed by atoms with Gasteiger partial charge in [0.1, 0.15) is 0 Å². The van der Waals surface area contributed by atoms with Crippen molar-refractivity contribution in [3.05, 3.63) is 0 Å². The Morgan fingerprint density at radius 2 is 1.90 bits per heavy atom. The summed E-state index contributed by atoms with van der Waals surface area (Å²) in [5.41, 5.74) is 0. The number of piperazine rings is 1. The van der Waals surface area contributed by atoms with Gasteiger partial charge < -0.3 is 15.3 Å². The molecule has 3 rings (SSSR count). The standard InChI is InChI=1S/C16H29N3O2/c20-10-5-15-12-19(9-8-18(15)11-13-1-2-13)16(21)14-3-6-17-7-4-14/h13-15,17,20H,1-12H2. The van der Waals surface area contributed by atoms with Crippen molar-refractivity contribution in [3.8, 4) is 0 Å². The van der Waals surface area contributed by atoms with E-state index in [2.05, 4.69) is 15.1 Å². The van der Waals surface area contributed by atoms with Gasteiger partial charge in [0.05, 0.1) is 0 Å². The van der Waals surface area contributed by atoms with Crippen molar-refractivity contribution in [2.24, 2.45) is 11.8 Å². The van der Waals surface area contributed by atoms with Gasteiger partial charge in [0.15, 0.2) is 0 Å². The number of nitrogens with one attached hydrogen (secondary N) is 1. The van der Waals surface area contributed by atoms with E-state index in [1.165, 1.54) is 19.4 Å². The fraction of sp³-hybridized carbons (Fsp3) is 0.938. The fourth-order valence-electron chi connectivity index (χ4n) is 3.72. The summed E-state index contributed by atoms with van der Waals surface area (Å²) >= 11 is 0. The maximum absolute atomic E-state index is 12.7. The molecule has 0 bridgehead atoms. The van der Waals surface area contributed by atoms with Gasteiger partial charge in [-0.15, -0.1) is 0 Å². The summed E-state index contributed by atoms with van der Waals surface area (Å²) in [5.74, 6) is 1.44. The minimum Gasteiger partial charge on any atom is -0.396 e. The third kappa shape index (κ3) is 3.96. The normalized spacial score (nSPS) is 28.8. The Morgan fingerprint density at radius 3 is 2.57 bits per heavy atom. The zero-order valence-electron chi connectivity index (χ0n) is 13.0. The summed E-state index contributed by atoms with van der Waals surface area (Å²) in [6.07, 6.45) is 5.47. The fourth-order valence-corrected chi connectivity index (χ4v) is 3.72. The molecule has 0 radical (unpaired) electrons. The number of aliphatic hydroxyl groups is 1. The number of hydrogen-bond donors (Lipinski definition) is 2. The van der Waals surface area contributed by atoms with Gasteiger partial charge in [-0.05, 0) is 51.1 Å². The van der Waals surface area contributed by atoms with Gasteiger partial charge >= 0.3 is 0 Å². The van der Waals surface area contributed by atoms with Crippen LogP contribution in [0.2, 0.25) is 0 Å². The Balaban J connectivity index is 1.55. The van der Waals surface area contributed by atoms with Crippen LogP contribution in [-0.2, 0) is 4.79 Å². The number of aliphatic hydroxyl groups excluding tert-OH is 1. The van der Waals surface area contributed by atoms with E-state index < -0.39 is 0 Å². The first-order valence-corrected chi connectivity index (χ1v) is 8.62. The van der Waals surface area contributed by atoms with Crippen LogP contribution in [0.1, 0.15) is 32.1 Å². The Morgan fingerprint density at radius 1 is 1.14 bits per heavy atom. The lowest BCUT2D eigenvalue weighted by Crippen LogP contribution is -2.56. The van der Waals surface area contributed by atoms with Crippen LogP contribution in [0.5, 0.6) is 0 Å². The number of nitrogens with zero attached hydrogens (tertiary/aromatic N) is 2. The molecule has 2 heterocycles. The van der Waals surface area contributed by atoms with Gasteiger partial charge in [-0.2, -0.15) is 0 Å². The van der Waals surface area contributed by atoms with Gasteiger partial charge in [-0.3, -0.25) is 9.69 Å². The van der Waals surface area contributed by atoms with E-state index in [-0.39, 0.29) is 12.5 Å². The van der Waals surface area contributed by atoms with Crippen molar-refractivity contribution in [2.45, 2.75) is 38.1 Å². The summed E-state index contributed by atoms with van der Waals surface area (Å²) in [6.45, 7) is 6.00. The highest BCUT2D eigenvalue weighted by Crippen LogP contribution is 2.31.